The van der Waals surface area contributed by atoms with Crippen LogP contribution in [0.1, 0.15) is 12.7 Å². The number of carbonyl (C=O) groups excluding carboxylic acids is 1. The molecule has 2 N–H and O–H groups in total. The molecule has 34 heavy (non-hydrogen) atoms. The topological polar surface area (TPSA) is 88.6 Å². The molecule has 2 aliphatic rings. The highest BCUT2D eigenvalue weighted by atomic mass is 32.1. The van der Waals surface area contributed by atoms with Crippen LogP contribution in [0.25, 0.3) is 20.7 Å². The third-order valence-corrected chi connectivity index (χ3v) is 7.68. The number of hydrogen-bond donors (Lipinski definition) is 2. The predicted molar refractivity (Wildman–Crippen MR) is 135 cm³/mol. The first-order valence-electron chi connectivity index (χ1n) is 11.1. The average molecular weight is 494 g/mol. The second-order valence-electron chi connectivity index (χ2n) is 8.27. The highest BCUT2D eigenvalue weighted by Gasteiger charge is 2.24. The molecule has 2 aliphatic heterocycles. The van der Waals surface area contributed by atoms with E-state index in [1.165, 1.54) is 4.88 Å². The second-order valence-corrected chi connectivity index (χ2v) is 10.1. The van der Waals surface area contributed by atoms with Crippen LogP contribution in [-0.2, 0) is 16.1 Å². The summed E-state index contributed by atoms with van der Waals surface area (Å²) in [5, 5.41) is 11.6. The maximum absolute atomic E-state index is 12.1. The van der Waals surface area contributed by atoms with E-state index in [1.807, 2.05) is 18.2 Å². The van der Waals surface area contributed by atoms with Gasteiger partial charge in [0.15, 0.2) is 6.10 Å². The fraction of sp³-hybridized carbons (Fsp3) is 0.292. The lowest BCUT2D eigenvalue weighted by molar-refractivity contribution is -0.122. The summed E-state index contributed by atoms with van der Waals surface area (Å²) in [6.45, 7) is 5.62. The van der Waals surface area contributed by atoms with Crippen molar-refractivity contribution in [3.8, 4) is 16.2 Å². The molecule has 0 unspecified atom stereocenters. The Morgan fingerprint density at radius 2 is 2.09 bits per heavy atom. The molecule has 1 amide bonds. The molecule has 0 saturated carbocycles. The van der Waals surface area contributed by atoms with Crippen LogP contribution in [0.5, 0.6) is 5.75 Å². The Hall–Kier alpha value is -3.05. The van der Waals surface area contributed by atoms with Crippen molar-refractivity contribution in [1.82, 2.24) is 14.9 Å². The van der Waals surface area contributed by atoms with Gasteiger partial charge in [0.1, 0.15) is 22.2 Å². The summed E-state index contributed by atoms with van der Waals surface area (Å²) in [5.41, 5.74) is 2.59. The summed E-state index contributed by atoms with van der Waals surface area (Å²) in [4.78, 5) is 26.4. The van der Waals surface area contributed by atoms with E-state index in [0.29, 0.717) is 18.0 Å². The van der Waals surface area contributed by atoms with Crippen molar-refractivity contribution < 1.29 is 14.3 Å². The molecule has 8 nitrogen and oxygen atoms in total. The smallest absolute Gasteiger partial charge is 0.265 e. The van der Waals surface area contributed by atoms with E-state index in [-0.39, 0.29) is 5.91 Å². The number of benzene rings is 1. The number of nitrogens with one attached hydrogen (secondary N) is 2. The lowest BCUT2D eigenvalue weighted by Gasteiger charge is -2.26. The van der Waals surface area contributed by atoms with Gasteiger partial charge in [-0.15, -0.1) is 22.7 Å². The Morgan fingerprint density at radius 1 is 1.21 bits per heavy atom. The number of fused-ring (bicyclic) bond motifs is 2. The molecule has 1 aromatic carbocycles. The number of anilines is 3. The predicted octanol–water partition coefficient (Wildman–Crippen LogP) is 4.72. The Morgan fingerprint density at radius 3 is 2.91 bits per heavy atom. The molecular weight excluding hydrogens is 470 g/mol. The number of hydrogen-bond acceptors (Lipinski definition) is 9. The Labute approximate surface area is 204 Å². The van der Waals surface area contributed by atoms with Crippen molar-refractivity contribution in [2.24, 2.45) is 0 Å². The van der Waals surface area contributed by atoms with Gasteiger partial charge in [0.25, 0.3) is 5.91 Å². The fourth-order valence-electron chi connectivity index (χ4n) is 4.14. The van der Waals surface area contributed by atoms with Crippen LogP contribution in [0.15, 0.2) is 41.1 Å². The van der Waals surface area contributed by atoms with E-state index in [9.17, 15) is 4.79 Å². The molecular formula is C24H23N5O3S2. The molecule has 1 fully saturated rings. The van der Waals surface area contributed by atoms with Gasteiger partial charge in [0.2, 0.25) is 0 Å². The van der Waals surface area contributed by atoms with Crippen LogP contribution >= 0.6 is 22.7 Å². The average Bonchev–Trinajstić information content (AvgIpc) is 3.51. The van der Waals surface area contributed by atoms with Crippen molar-refractivity contribution in [3.63, 3.8) is 0 Å². The van der Waals surface area contributed by atoms with Gasteiger partial charge in [-0.1, -0.05) is 6.07 Å². The van der Waals surface area contributed by atoms with E-state index in [2.05, 4.69) is 38.4 Å². The number of nitrogens with zero attached hydrogens (tertiary/aromatic N) is 3. The van der Waals surface area contributed by atoms with E-state index in [0.717, 1.165) is 59.4 Å². The third-order valence-electron chi connectivity index (χ3n) is 5.91. The van der Waals surface area contributed by atoms with Crippen molar-refractivity contribution in [2.75, 3.05) is 36.9 Å². The molecule has 10 heteroatoms. The first kappa shape index (κ1) is 21.5. The maximum atomic E-state index is 12.1. The molecule has 0 radical (unpaired) electrons. The van der Waals surface area contributed by atoms with E-state index < -0.39 is 6.10 Å². The van der Waals surface area contributed by atoms with E-state index in [1.54, 1.807) is 29.6 Å². The number of morpholine rings is 1. The molecule has 0 aliphatic carbocycles. The first-order valence-corrected chi connectivity index (χ1v) is 12.9. The molecule has 5 heterocycles. The van der Waals surface area contributed by atoms with E-state index in [4.69, 9.17) is 19.4 Å². The van der Waals surface area contributed by atoms with Gasteiger partial charge in [-0.25, -0.2) is 9.97 Å². The second kappa shape index (κ2) is 8.95. The highest BCUT2D eigenvalue weighted by molar-refractivity contribution is 7.18. The molecule has 4 aromatic rings. The lowest BCUT2D eigenvalue weighted by atomic mass is 10.1. The molecule has 0 spiro atoms. The van der Waals surface area contributed by atoms with Crippen molar-refractivity contribution in [3.05, 3.63) is 46.9 Å². The maximum Gasteiger partial charge on any atom is 0.265 e. The van der Waals surface area contributed by atoms with Crippen LogP contribution in [0.2, 0.25) is 0 Å². The van der Waals surface area contributed by atoms with Gasteiger partial charge in [-0.2, -0.15) is 0 Å². The van der Waals surface area contributed by atoms with Crippen LogP contribution in [0, 0.1) is 0 Å². The first-order chi connectivity index (χ1) is 16.6. The number of rotatable bonds is 5. The molecule has 1 saturated heterocycles. The number of carbonyl (C=O) groups is 1. The van der Waals surface area contributed by atoms with Gasteiger partial charge < -0.3 is 20.1 Å². The molecule has 0 bridgehead atoms. The summed E-state index contributed by atoms with van der Waals surface area (Å²) < 4.78 is 11.2. The Kier molecular flexibility index (Phi) is 5.66. The minimum Gasteiger partial charge on any atom is -0.479 e. The van der Waals surface area contributed by atoms with Crippen LogP contribution in [-0.4, -0.2) is 53.2 Å². The largest absolute Gasteiger partial charge is 0.479 e. The summed E-state index contributed by atoms with van der Waals surface area (Å²) in [6, 6.07) is 9.86. The van der Waals surface area contributed by atoms with Gasteiger partial charge in [0.05, 0.1) is 30.8 Å². The minimum atomic E-state index is -0.505. The normalized spacial score (nSPS) is 18.4. The summed E-state index contributed by atoms with van der Waals surface area (Å²) in [5.74, 6) is 2.04. The summed E-state index contributed by atoms with van der Waals surface area (Å²) >= 11 is 3.33. The zero-order chi connectivity index (χ0) is 23.1. The van der Waals surface area contributed by atoms with Crippen molar-refractivity contribution in [1.29, 1.82) is 0 Å². The monoisotopic (exact) mass is 493 g/mol. The lowest BCUT2D eigenvalue weighted by Crippen LogP contribution is -2.36. The molecule has 1 atom stereocenters. The van der Waals surface area contributed by atoms with Crippen molar-refractivity contribution in [2.45, 2.75) is 19.6 Å². The number of amides is 1. The van der Waals surface area contributed by atoms with Crippen molar-refractivity contribution >= 4 is 56.0 Å². The third kappa shape index (κ3) is 4.14. The van der Waals surface area contributed by atoms with Crippen LogP contribution in [0.4, 0.5) is 17.2 Å². The standard InChI is InChI=1S/C24H23N5O3S2/c1-14-23(30)26-17-11-15(4-5-18(17)32-14)25-22-21-16(19-3-2-10-33-19)13-34-24(21)28-20(27-22)12-29-6-8-31-9-7-29/h2-5,10-11,13-14H,6-9,12H2,1H3,(H,26,30)(H,25,27,28)/t14-/m1/s1. The van der Waals surface area contributed by atoms with E-state index >= 15 is 0 Å². The van der Waals surface area contributed by atoms with Gasteiger partial charge in [-0.05, 0) is 36.6 Å². The Bertz CT molecular complexity index is 1350. The molecule has 3 aromatic heterocycles. The quantitative estimate of drug-likeness (QED) is 0.416. The fourth-order valence-corrected chi connectivity index (χ4v) is 5.92. The van der Waals surface area contributed by atoms with Crippen LogP contribution in [0.3, 0.4) is 0 Å². The SMILES string of the molecule is C[C@H]1Oc2ccc(Nc3nc(CN4CCOCC4)nc4scc(-c5cccs5)c34)cc2NC1=O. The minimum absolute atomic E-state index is 0.153. The molecule has 174 valence electrons. The Balaban J connectivity index is 1.39. The van der Waals surface area contributed by atoms with Crippen LogP contribution < -0.4 is 15.4 Å². The molecule has 6 rings (SSSR count). The zero-order valence-corrected chi connectivity index (χ0v) is 20.2. The van der Waals surface area contributed by atoms with Gasteiger partial charge in [0, 0.05) is 34.6 Å². The highest BCUT2D eigenvalue weighted by Crippen LogP contribution is 2.40. The number of aromatic nitrogens is 2. The number of thiophene rings is 2. The summed E-state index contributed by atoms with van der Waals surface area (Å²) in [7, 11) is 0. The number of ether oxygens (including phenoxy) is 2. The summed E-state index contributed by atoms with van der Waals surface area (Å²) in [6.07, 6.45) is -0.505. The zero-order valence-electron chi connectivity index (χ0n) is 18.5. The van der Waals surface area contributed by atoms with Gasteiger partial charge >= 0.3 is 0 Å². The van der Waals surface area contributed by atoms with Gasteiger partial charge in [-0.3, -0.25) is 9.69 Å².